The van der Waals surface area contributed by atoms with Crippen LogP contribution in [-0.2, 0) is 11.2 Å². The van der Waals surface area contributed by atoms with Gasteiger partial charge >= 0.3 is 5.97 Å². The molecule has 2 bridgehead atoms. The molecular formula is C18H25NO2. The Morgan fingerprint density at radius 2 is 1.86 bits per heavy atom. The third-order valence-electron chi connectivity index (χ3n) is 5.23. The van der Waals surface area contributed by atoms with E-state index in [2.05, 4.69) is 42.2 Å². The Morgan fingerprint density at radius 3 is 2.43 bits per heavy atom. The van der Waals surface area contributed by atoms with E-state index in [1.54, 1.807) is 0 Å². The predicted octanol–water partition coefficient (Wildman–Crippen LogP) is 3.34. The fraction of sp³-hybridized carbons (Fsp3) is 0.611. The number of fused-ring (bicyclic) bond motifs is 2. The highest BCUT2D eigenvalue weighted by molar-refractivity contribution is 5.67. The maximum Gasteiger partial charge on any atom is 0.303 e. The van der Waals surface area contributed by atoms with E-state index in [1.165, 1.54) is 18.4 Å². The van der Waals surface area contributed by atoms with Crippen LogP contribution in [0, 0.1) is 5.92 Å². The molecular weight excluding hydrogens is 262 g/mol. The molecule has 2 saturated heterocycles. The molecule has 2 aliphatic rings. The molecule has 0 aliphatic carbocycles. The second-order valence-corrected chi connectivity index (χ2v) is 6.81. The summed E-state index contributed by atoms with van der Waals surface area (Å²) in [6.07, 6.45) is 6.09. The van der Waals surface area contributed by atoms with E-state index in [1.807, 2.05) is 0 Å². The molecule has 3 rings (SSSR count). The molecule has 1 N–H and O–H groups in total. The van der Waals surface area contributed by atoms with Crippen molar-refractivity contribution in [1.82, 2.24) is 4.90 Å². The fourth-order valence-corrected chi connectivity index (χ4v) is 4.52. The van der Waals surface area contributed by atoms with Crippen molar-refractivity contribution in [3.8, 4) is 0 Å². The highest BCUT2D eigenvalue weighted by Gasteiger charge is 2.42. The summed E-state index contributed by atoms with van der Waals surface area (Å²) < 4.78 is 0. The van der Waals surface area contributed by atoms with Gasteiger partial charge in [0.2, 0.25) is 0 Å². The third-order valence-corrected chi connectivity index (χ3v) is 5.23. The topological polar surface area (TPSA) is 40.5 Å². The molecule has 3 heteroatoms. The van der Waals surface area contributed by atoms with Gasteiger partial charge in [0.15, 0.2) is 0 Å². The minimum atomic E-state index is -0.634. The summed E-state index contributed by atoms with van der Waals surface area (Å²) in [4.78, 5) is 13.6. The number of benzene rings is 1. The molecule has 0 saturated carbocycles. The lowest BCUT2D eigenvalue weighted by molar-refractivity contribution is -0.138. The molecule has 0 amide bonds. The molecule has 0 aromatic heterocycles. The van der Waals surface area contributed by atoms with E-state index in [4.69, 9.17) is 5.11 Å². The maximum absolute atomic E-state index is 10.9. The van der Waals surface area contributed by atoms with Crippen molar-refractivity contribution in [2.24, 2.45) is 5.92 Å². The highest BCUT2D eigenvalue weighted by Crippen LogP contribution is 2.41. The SMILES string of the molecule is CC(Cc1ccccc1)N1C2CCC1CC(CC(=O)O)C2. The largest absolute Gasteiger partial charge is 0.481 e. The van der Waals surface area contributed by atoms with Gasteiger partial charge in [-0.1, -0.05) is 30.3 Å². The van der Waals surface area contributed by atoms with Gasteiger partial charge in [-0.05, 0) is 50.5 Å². The predicted molar refractivity (Wildman–Crippen MR) is 83.2 cm³/mol. The number of nitrogens with zero attached hydrogens (tertiary/aromatic N) is 1. The van der Waals surface area contributed by atoms with Gasteiger partial charge in [-0.2, -0.15) is 0 Å². The Hall–Kier alpha value is -1.35. The highest BCUT2D eigenvalue weighted by atomic mass is 16.4. The van der Waals surface area contributed by atoms with E-state index in [-0.39, 0.29) is 0 Å². The minimum absolute atomic E-state index is 0.355. The van der Waals surface area contributed by atoms with E-state index in [9.17, 15) is 4.79 Å². The van der Waals surface area contributed by atoms with Gasteiger partial charge in [0.05, 0.1) is 0 Å². The Kier molecular flexibility index (Phi) is 4.29. The number of carboxylic acids is 1. The number of rotatable bonds is 5. The quantitative estimate of drug-likeness (QED) is 0.903. The van der Waals surface area contributed by atoms with Gasteiger partial charge in [-0.25, -0.2) is 0 Å². The Morgan fingerprint density at radius 1 is 1.24 bits per heavy atom. The van der Waals surface area contributed by atoms with Gasteiger partial charge < -0.3 is 5.11 Å². The Balaban J connectivity index is 1.63. The summed E-state index contributed by atoms with van der Waals surface area (Å²) in [5.41, 5.74) is 1.40. The lowest BCUT2D eigenvalue weighted by Gasteiger charge is -2.42. The van der Waals surface area contributed by atoms with Crippen molar-refractivity contribution in [3.05, 3.63) is 35.9 Å². The molecule has 21 heavy (non-hydrogen) atoms. The van der Waals surface area contributed by atoms with Crippen LogP contribution in [0.5, 0.6) is 0 Å². The first-order valence-corrected chi connectivity index (χ1v) is 8.16. The van der Waals surface area contributed by atoms with Gasteiger partial charge in [-0.15, -0.1) is 0 Å². The van der Waals surface area contributed by atoms with E-state index < -0.39 is 5.97 Å². The lowest BCUT2D eigenvalue weighted by Crippen LogP contribution is -2.48. The molecule has 2 fully saturated rings. The summed E-state index contributed by atoms with van der Waals surface area (Å²) in [5.74, 6) is -0.245. The zero-order valence-electron chi connectivity index (χ0n) is 12.7. The summed E-state index contributed by atoms with van der Waals surface area (Å²) in [6, 6.07) is 12.4. The molecule has 1 aromatic carbocycles. The second kappa shape index (κ2) is 6.18. The first-order valence-electron chi connectivity index (χ1n) is 8.16. The fourth-order valence-electron chi connectivity index (χ4n) is 4.52. The summed E-state index contributed by atoms with van der Waals surface area (Å²) in [7, 11) is 0. The molecule has 3 atom stereocenters. The average molecular weight is 287 g/mol. The van der Waals surface area contributed by atoms with Gasteiger partial charge in [0.25, 0.3) is 0 Å². The first kappa shape index (κ1) is 14.6. The minimum Gasteiger partial charge on any atom is -0.481 e. The lowest BCUT2D eigenvalue weighted by atomic mass is 9.86. The summed E-state index contributed by atoms with van der Waals surface area (Å²) in [5, 5.41) is 9.01. The molecule has 2 heterocycles. The molecule has 1 aromatic rings. The number of aliphatic carboxylic acids is 1. The van der Waals surface area contributed by atoms with Crippen LogP contribution in [0.3, 0.4) is 0 Å². The van der Waals surface area contributed by atoms with Crippen molar-refractivity contribution in [2.45, 2.75) is 63.6 Å². The zero-order valence-corrected chi connectivity index (χ0v) is 12.7. The third kappa shape index (κ3) is 3.29. The van der Waals surface area contributed by atoms with Crippen LogP contribution < -0.4 is 0 Å². The number of carboxylic acid groups (broad SMARTS) is 1. The van der Waals surface area contributed by atoms with E-state index >= 15 is 0 Å². The smallest absolute Gasteiger partial charge is 0.303 e. The van der Waals surface area contributed by atoms with Crippen molar-refractivity contribution in [2.75, 3.05) is 0 Å². The summed E-state index contributed by atoms with van der Waals surface area (Å²) in [6.45, 7) is 2.33. The van der Waals surface area contributed by atoms with Crippen molar-refractivity contribution >= 4 is 5.97 Å². The van der Waals surface area contributed by atoms with Gasteiger partial charge in [-0.3, -0.25) is 9.69 Å². The van der Waals surface area contributed by atoms with E-state index in [0.717, 1.165) is 19.3 Å². The molecule has 3 unspecified atom stereocenters. The standard InChI is InChI=1S/C18H25NO2/c1-13(9-14-5-3-2-4-6-14)19-16-7-8-17(19)11-15(10-16)12-18(20)21/h2-6,13,15-17H,7-12H2,1H3,(H,20,21). The van der Waals surface area contributed by atoms with Crippen molar-refractivity contribution in [1.29, 1.82) is 0 Å². The van der Waals surface area contributed by atoms with Crippen LogP contribution in [0.4, 0.5) is 0 Å². The van der Waals surface area contributed by atoms with Crippen molar-refractivity contribution in [3.63, 3.8) is 0 Å². The zero-order chi connectivity index (χ0) is 14.8. The maximum atomic E-state index is 10.9. The van der Waals surface area contributed by atoms with Crippen LogP contribution >= 0.6 is 0 Å². The molecule has 3 nitrogen and oxygen atoms in total. The van der Waals surface area contributed by atoms with Gasteiger partial charge in [0, 0.05) is 24.5 Å². The second-order valence-electron chi connectivity index (χ2n) is 6.81. The van der Waals surface area contributed by atoms with Crippen LogP contribution in [0.15, 0.2) is 30.3 Å². The van der Waals surface area contributed by atoms with E-state index in [0.29, 0.717) is 30.5 Å². The molecule has 2 aliphatic heterocycles. The van der Waals surface area contributed by atoms with Gasteiger partial charge in [0.1, 0.15) is 0 Å². The summed E-state index contributed by atoms with van der Waals surface area (Å²) >= 11 is 0. The van der Waals surface area contributed by atoms with Crippen LogP contribution in [0.1, 0.15) is 44.6 Å². The number of piperidine rings is 1. The van der Waals surface area contributed by atoms with Crippen LogP contribution in [0.2, 0.25) is 0 Å². The average Bonchev–Trinajstić information content (AvgIpc) is 2.71. The molecule has 0 spiro atoms. The monoisotopic (exact) mass is 287 g/mol. The normalized spacial score (nSPS) is 30.2. The van der Waals surface area contributed by atoms with Crippen LogP contribution in [0.25, 0.3) is 0 Å². The van der Waals surface area contributed by atoms with Crippen LogP contribution in [-0.4, -0.2) is 34.1 Å². The van der Waals surface area contributed by atoms with Crippen molar-refractivity contribution < 1.29 is 9.90 Å². The Bertz CT molecular complexity index is 473. The number of hydrogen-bond donors (Lipinski definition) is 1. The number of carbonyl (C=O) groups is 1. The molecule has 114 valence electrons. The Labute approximate surface area is 127 Å². The first-order chi connectivity index (χ1) is 10.1. The molecule has 0 radical (unpaired) electrons. The number of hydrogen-bond acceptors (Lipinski definition) is 2.